The summed E-state index contributed by atoms with van der Waals surface area (Å²) in [7, 11) is 0. The van der Waals surface area contributed by atoms with Crippen molar-refractivity contribution < 1.29 is 0 Å². The van der Waals surface area contributed by atoms with Gasteiger partial charge in [0.2, 0.25) is 0 Å². The second kappa shape index (κ2) is 5.72. The predicted molar refractivity (Wildman–Crippen MR) is 84.9 cm³/mol. The summed E-state index contributed by atoms with van der Waals surface area (Å²) in [5.41, 5.74) is 8.19. The van der Waals surface area contributed by atoms with Crippen molar-refractivity contribution in [2.75, 3.05) is 0 Å². The Morgan fingerprint density at radius 2 is 1.82 bits per heavy atom. The summed E-state index contributed by atoms with van der Waals surface area (Å²) >= 11 is 18.1. The summed E-state index contributed by atoms with van der Waals surface area (Å²) in [5.74, 6) is 0. The Morgan fingerprint density at radius 1 is 1.12 bits per heavy atom. The van der Waals surface area contributed by atoms with Crippen molar-refractivity contribution in [3.63, 3.8) is 0 Å². The van der Waals surface area contributed by atoms with Crippen molar-refractivity contribution in [3.05, 3.63) is 52.5 Å². The topological polar surface area (TPSA) is 26.0 Å². The predicted octanol–water partition coefficient (Wildman–Crippen LogP) is 5.74. The molecule has 0 saturated carbocycles. The molecule has 1 unspecified atom stereocenters. The van der Waals surface area contributed by atoms with Gasteiger partial charge < -0.3 is 5.73 Å². The van der Waals surface area contributed by atoms with E-state index in [1.165, 1.54) is 0 Å². The molecule has 6 heteroatoms. The van der Waals surface area contributed by atoms with E-state index in [9.17, 15) is 0 Å². The van der Waals surface area contributed by atoms with Crippen molar-refractivity contribution >= 4 is 70.7 Å². The van der Waals surface area contributed by atoms with Crippen LogP contribution >= 0.6 is 70.7 Å². The highest BCUT2D eigenvalue weighted by Gasteiger charge is 2.17. The summed E-state index contributed by atoms with van der Waals surface area (Å²) in [4.78, 5) is 0. The lowest BCUT2D eigenvalue weighted by Gasteiger charge is -2.13. The molecule has 0 fully saturated rings. The maximum absolute atomic E-state index is 6.24. The highest BCUT2D eigenvalue weighted by atomic mass is 79.9. The Labute approximate surface area is 134 Å². The van der Waals surface area contributed by atoms with Gasteiger partial charge >= 0.3 is 0 Å². The molecule has 0 spiro atoms. The van der Waals surface area contributed by atoms with Gasteiger partial charge in [-0.2, -0.15) is 0 Å². The molecular formula is C11H7Br3ClNS. The quantitative estimate of drug-likeness (QED) is 0.608. The molecule has 0 radical (unpaired) electrons. The van der Waals surface area contributed by atoms with Gasteiger partial charge in [-0.25, -0.2) is 0 Å². The lowest BCUT2D eigenvalue weighted by Crippen LogP contribution is -2.11. The molecule has 1 aromatic carbocycles. The maximum Gasteiger partial charge on any atom is 0.0761 e. The maximum atomic E-state index is 6.24. The zero-order valence-corrected chi connectivity index (χ0v) is 14.7. The summed E-state index contributed by atoms with van der Waals surface area (Å²) in [6.45, 7) is 0. The van der Waals surface area contributed by atoms with Gasteiger partial charge in [-0.15, -0.1) is 11.3 Å². The molecule has 2 aromatic rings. The number of halogens is 4. The van der Waals surface area contributed by atoms with Crippen LogP contribution in [-0.4, -0.2) is 0 Å². The van der Waals surface area contributed by atoms with Crippen LogP contribution in [0.25, 0.3) is 0 Å². The molecule has 2 N–H and O–H groups in total. The summed E-state index contributed by atoms with van der Waals surface area (Å²) < 4.78 is 3.02. The van der Waals surface area contributed by atoms with Crippen molar-refractivity contribution in [2.45, 2.75) is 6.04 Å². The average Bonchev–Trinajstić information content (AvgIpc) is 2.57. The van der Waals surface area contributed by atoms with E-state index in [-0.39, 0.29) is 6.04 Å². The fraction of sp³-hybridized carbons (Fsp3) is 0.0909. The van der Waals surface area contributed by atoms with E-state index < -0.39 is 0 Å². The number of hydrogen-bond acceptors (Lipinski definition) is 2. The van der Waals surface area contributed by atoms with Gasteiger partial charge in [-0.05, 0) is 61.2 Å². The molecule has 1 heterocycles. The molecule has 0 saturated heterocycles. The van der Waals surface area contributed by atoms with Gasteiger partial charge in [0, 0.05) is 9.50 Å². The Morgan fingerprint density at radius 3 is 2.35 bits per heavy atom. The highest BCUT2D eigenvalue weighted by molar-refractivity contribution is 9.12. The number of thiophene rings is 1. The Kier molecular flexibility index (Phi) is 4.72. The van der Waals surface area contributed by atoms with E-state index in [0.29, 0.717) is 5.02 Å². The van der Waals surface area contributed by atoms with E-state index in [0.717, 1.165) is 23.2 Å². The first-order valence-corrected chi connectivity index (χ1v) is 8.21. The Hall–Kier alpha value is 0.610. The van der Waals surface area contributed by atoms with Gasteiger partial charge in [-0.1, -0.05) is 33.6 Å². The first-order valence-electron chi connectivity index (χ1n) is 4.64. The van der Waals surface area contributed by atoms with Crippen molar-refractivity contribution in [3.8, 4) is 0 Å². The molecule has 1 aromatic heterocycles. The smallest absolute Gasteiger partial charge is 0.0761 e. The van der Waals surface area contributed by atoms with Crippen LogP contribution < -0.4 is 5.73 Å². The lowest BCUT2D eigenvalue weighted by molar-refractivity contribution is 0.872. The number of rotatable bonds is 2. The molecule has 90 valence electrons. The molecule has 0 aliphatic heterocycles. The van der Waals surface area contributed by atoms with Gasteiger partial charge in [0.15, 0.2) is 0 Å². The van der Waals surface area contributed by atoms with E-state index in [1.54, 1.807) is 11.3 Å². The van der Waals surface area contributed by atoms with Crippen LogP contribution in [0.1, 0.15) is 17.2 Å². The Balaban J connectivity index is 2.43. The fourth-order valence-electron chi connectivity index (χ4n) is 1.49. The second-order valence-electron chi connectivity index (χ2n) is 3.42. The van der Waals surface area contributed by atoms with Crippen LogP contribution in [0.2, 0.25) is 5.02 Å². The first-order chi connectivity index (χ1) is 7.99. The number of benzene rings is 1. The SMILES string of the molecule is NC(c1ccc(Br)cc1Cl)c1cc(Br)sc1Br. The third kappa shape index (κ3) is 3.14. The third-order valence-electron chi connectivity index (χ3n) is 2.32. The highest BCUT2D eigenvalue weighted by Crippen LogP contribution is 2.38. The minimum Gasteiger partial charge on any atom is -0.320 e. The van der Waals surface area contributed by atoms with Crippen molar-refractivity contribution in [1.82, 2.24) is 0 Å². The Bertz CT molecular complexity index is 556. The number of nitrogens with two attached hydrogens (primary N) is 1. The normalized spacial score (nSPS) is 12.8. The molecule has 0 bridgehead atoms. The largest absolute Gasteiger partial charge is 0.320 e. The summed E-state index contributed by atoms with van der Waals surface area (Å²) in [5, 5.41) is 0.668. The molecule has 1 atom stereocenters. The van der Waals surface area contributed by atoms with Crippen LogP contribution in [0.4, 0.5) is 0 Å². The molecular weight excluding hydrogens is 453 g/mol. The molecule has 0 aliphatic rings. The average molecular weight is 460 g/mol. The van der Waals surface area contributed by atoms with Crippen LogP contribution in [0.5, 0.6) is 0 Å². The summed E-state index contributed by atoms with van der Waals surface area (Å²) in [6, 6.07) is 7.52. The van der Waals surface area contributed by atoms with E-state index in [1.807, 2.05) is 24.3 Å². The second-order valence-corrected chi connectivity index (χ2v) is 8.50. The van der Waals surface area contributed by atoms with Gasteiger partial charge in [0.1, 0.15) is 0 Å². The standard InChI is InChI=1S/C11H7Br3ClNS/c12-5-1-2-6(8(15)3-5)10(16)7-4-9(13)17-11(7)14/h1-4,10H,16H2. The molecule has 17 heavy (non-hydrogen) atoms. The lowest BCUT2D eigenvalue weighted by atomic mass is 10.0. The van der Waals surface area contributed by atoms with Crippen LogP contribution in [-0.2, 0) is 0 Å². The van der Waals surface area contributed by atoms with Gasteiger partial charge in [0.25, 0.3) is 0 Å². The van der Waals surface area contributed by atoms with Gasteiger partial charge in [0.05, 0.1) is 13.6 Å². The molecule has 0 amide bonds. The number of hydrogen-bond donors (Lipinski definition) is 1. The van der Waals surface area contributed by atoms with Gasteiger partial charge in [-0.3, -0.25) is 0 Å². The van der Waals surface area contributed by atoms with E-state index in [4.69, 9.17) is 17.3 Å². The zero-order valence-electron chi connectivity index (χ0n) is 8.38. The van der Waals surface area contributed by atoms with Crippen molar-refractivity contribution in [2.24, 2.45) is 5.73 Å². The minimum atomic E-state index is -0.229. The van der Waals surface area contributed by atoms with Crippen LogP contribution in [0, 0.1) is 0 Å². The third-order valence-corrected chi connectivity index (χ3v) is 5.52. The summed E-state index contributed by atoms with van der Waals surface area (Å²) in [6.07, 6.45) is 0. The van der Waals surface area contributed by atoms with Crippen molar-refractivity contribution in [1.29, 1.82) is 0 Å². The van der Waals surface area contributed by atoms with E-state index in [2.05, 4.69) is 47.8 Å². The monoisotopic (exact) mass is 457 g/mol. The zero-order chi connectivity index (χ0) is 12.6. The van der Waals surface area contributed by atoms with E-state index >= 15 is 0 Å². The molecule has 2 rings (SSSR count). The minimum absolute atomic E-state index is 0.229. The van der Waals surface area contributed by atoms with Crippen LogP contribution in [0.3, 0.4) is 0 Å². The fourth-order valence-corrected chi connectivity index (χ4v) is 5.21. The van der Waals surface area contributed by atoms with Crippen LogP contribution in [0.15, 0.2) is 36.3 Å². The first kappa shape index (κ1) is 14.0. The molecule has 0 aliphatic carbocycles. The molecule has 1 nitrogen and oxygen atoms in total.